The van der Waals surface area contributed by atoms with Gasteiger partial charge in [-0.15, -0.1) is 0 Å². The topological polar surface area (TPSA) is 69.6 Å². The zero-order valence-electron chi connectivity index (χ0n) is 11.7. The Morgan fingerprint density at radius 2 is 2.00 bits per heavy atom. The van der Waals surface area contributed by atoms with Crippen LogP contribution >= 0.6 is 0 Å². The molecule has 0 aromatic rings. The second-order valence-corrected chi connectivity index (χ2v) is 6.30. The fraction of sp³-hybridized carbons (Fsp3) is 0.857. The van der Waals surface area contributed by atoms with Gasteiger partial charge in [-0.05, 0) is 31.1 Å². The number of carboxylic acids is 1. The third kappa shape index (κ3) is 3.61. The summed E-state index contributed by atoms with van der Waals surface area (Å²) in [6, 6.07) is -0.0981. The van der Waals surface area contributed by atoms with Crippen LogP contribution in [0.3, 0.4) is 0 Å². The molecular weight excluding hydrogens is 244 g/mol. The molecule has 0 aromatic carbocycles. The lowest BCUT2D eigenvalue weighted by atomic mass is 9.89. The van der Waals surface area contributed by atoms with E-state index < -0.39 is 11.9 Å². The summed E-state index contributed by atoms with van der Waals surface area (Å²) in [7, 11) is 0. The summed E-state index contributed by atoms with van der Waals surface area (Å²) >= 11 is 0. The van der Waals surface area contributed by atoms with Crippen LogP contribution in [-0.2, 0) is 4.79 Å². The highest BCUT2D eigenvalue weighted by Crippen LogP contribution is 2.36. The molecule has 2 fully saturated rings. The average Bonchev–Trinajstić information content (AvgIpc) is 2.83. The van der Waals surface area contributed by atoms with E-state index in [9.17, 15) is 9.59 Å². The van der Waals surface area contributed by atoms with Crippen LogP contribution < -0.4 is 5.32 Å². The van der Waals surface area contributed by atoms with E-state index in [4.69, 9.17) is 5.11 Å². The Morgan fingerprint density at radius 3 is 2.63 bits per heavy atom. The van der Waals surface area contributed by atoms with Gasteiger partial charge in [0.1, 0.15) is 0 Å². The molecule has 1 atom stereocenters. The molecule has 2 N–H and O–H groups in total. The van der Waals surface area contributed by atoms with E-state index in [1.165, 1.54) is 25.7 Å². The molecule has 1 saturated carbocycles. The summed E-state index contributed by atoms with van der Waals surface area (Å²) in [5.41, 5.74) is 0.234. The molecule has 108 valence electrons. The Kier molecular flexibility index (Phi) is 4.32. The fourth-order valence-corrected chi connectivity index (χ4v) is 3.17. The van der Waals surface area contributed by atoms with Gasteiger partial charge in [-0.25, -0.2) is 4.79 Å². The molecule has 2 aliphatic rings. The monoisotopic (exact) mass is 268 g/mol. The number of carboxylic acid groups (broad SMARTS) is 1. The maximum atomic E-state index is 12.1. The van der Waals surface area contributed by atoms with Crippen LogP contribution in [0.4, 0.5) is 4.79 Å². The number of aliphatic carboxylic acids is 1. The van der Waals surface area contributed by atoms with Crippen LogP contribution in [-0.4, -0.2) is 41.6 Å². The normalized spacial score (nSPS) is 26.2. The second-order valence-electron chi connectivity index (χ2n) is 6.30. The summed E-state index contributed by atoms with van der Waals surface area (Å²) < 4.78 is 0. The number of carbonyl (C=O) groups is 2. The van der Waals surface area contributed by atoms with Crippen LogP contribution in [0.5, 0.6) is 0 Å². The van der Waals surface area contributed by atoms with Gasteiger partial charge in [0.05, 0.1) is 5.92 Å². The Labute approximate surface area is 114 Å². The van der Waals surface area contributed by atoms with Crippen molar-refractivity contribution in [3.05, 3.63) is 0 Å². The van der Waals surface area contributed by atoms with Gasteiger partial charge in [0.25, 0.3) is 0 Å². The molecular formula is C14H24N2O3. The van der Waals surface area contributed by atoms with Crippen LogP contribution in [0.15, 0.2) is 0 Å². The second kappa shape index (κ2) is 5.80. The Morgan fingerprint density at radius 1 is 1.32 bits per heavy atom. The summed E-state index contributed by atoms with van der Waals surface area (Å²) in [6.07, 6.45) is 6.29. The minimum absolute atomic E-state index is 0.0981. The van der Waals surface area contributed by atoms with Crippen molar-refractivity contribution in [2.75, 3.05) is 19.6 Å². The van der Waals surface area contributed by atoms with Crippen molar-refractivity contribution in [3.63, 3.8) is 0 Å². The molecule has 1 unspecified atom stereocenters. The Balaban J connectivity index is 1.80. The first-order valence-corrected chi connectivity index (χ1v) is 7.26. The summed E-state index contributed by atoms with van der Waals surface area (Å²) in [5.74, 6) is -1.19. The van der Waals surface area contributed by atoms with Crippen molar-refractivity contribution in [2.45, 2.75) is 45.4 Å². The molecule has 0 bridgehead atoms. The fourth-order valence-electron chi connectivity index (χ4n) is 3.17. The molecule has 1 aliphatic heterocycles. The Hall–Kier alpha value is -1.26. The first-order chi connectivity index (χ1) is 9.00. The van der Waals surface area contributed by atoms with E-state index in [2.05, 4.69) is 12.2 Å². The predicted octanol–water partition coefficient (Wildman–Crippen LogP) is 2.07. The molecule has 5 nitrogen and oxygen atoms in total. The number of hydrogen-bond acceptors (Lipinski definition) is 2. The lowest BCUT2D eigenvalue weighted by molar-refractivity contribution is -0.143. The van der Waals surface area contributed by atoms with Crippen LogP contribution in [0.2, 0.25) is 0 Å². The number of carbonyl (C=O) groups excluding carboxylic acids is 1. The lowest BCUT2D eigenvalue weighted by Crippen LogP contribution is -2.48. The molecule has 0 radical (unpaired) electrons. The molecule has 2 rings (SSSR count). The summed E-state index contributed by atoms with van der Waals surface area (Å²) in [6.45, 7) is 3.95. The van der Waals surface area contributed by atoms with E-state index in [-0.39, 0.29) is 11.4 Å². The molecule has 1 saturated heterocycles. The highest BCUT2D eigenvalue weighted by molar-refractivity contribution is 5.76. The van der Waals surface area contributed by atoms with Crippen molar-refractivity contribution in [1.29, 1.82) is 0 Å². The van der Waals surface area contributed by atoms with Crippen LogP contribution in [0.1, 0.15) is 45.4 Å². The van der Waals surface area contributed by atoms with Gasteiger partial charge in [-0.1, -0.05) is 19.8 Å². The lowest BCUT2D eigenvalue weighted by Gasteiger charge is -2.32. The van der Waals surface area contributed by atoms with Gasteiger partial charge >= 0.3 is 12.0 Å². The molecule has 1 aliphatic carbocycles. The number of amides is 2. The Bertz CT molecular complexity index is 351. The number of urea groups is 1. The number of nitrogens with zero attached hydrogens (tertiary/aromatic N) is 1. The zero-order valence-corrected chi connectivity index (χ0v) is 11.7. The molecule has 1 heterocycles. The average molecular weight is 268 g/mol. The molecule has 19 heavy (non-hydrogen) atoms. The number of nitrogens with one attached hydrogen (secondary N) is 1. The number of rotatable bonds is 3. The first kappa shape index (κ1) is 14.2. The highest BCUT2D eigenvalue weighted by atomic mass is 16.4. The van der Waals surface area contributed by atoms with Gasteiger partial charge < -0.3 is 15.3 Å². The summed E-state index contributed by atoms with van der Waals surface area (Å²) in [5, 5.41) is 12.0. The van der Waals surface area contributed by atoms with Gasteiger partial charge in [0.2, 0.25) is 0 Å². The minimum atomic E-state index is -0.791. The van der Waals surface area contributed by atoms with Crippen molar-refractivity contribution >= 4 is 12.0 Å². The van der Waals surface area contributed by atoms with Gasteiger partial charge in [-0.3, -0.25) is 4.79 Å². The van der Waals surface area contributed by atoms with Crippen molar-refractivity contribution in [1.82, 2.24) is 10.2 Å². The third-order valence-corrected chi connectivity index (χ3v) is 4.53. The zero-order chi connectivity index (χ0) is 13.9. The minimum Gasteiger partial charge on any atom is -0.481 e. The molecule has 2 amide bonds. The van der Waals surface area contributed by atoms with Crippen molar-refractivity contribution in [2.24, 2.45) is 11.3 Å². The van der Waals surface area contributed by atoms with E-state index in [0.29, 0.717) is 26.1 Å². The molecule has 0 aromatic heterocycles. The standard InChI is InChI=1S/C14H24N2O3/c1-14(6-2-3-7-14)10-15-13(19)16-8-4-5-11(9-16)12(17)18/h11H,2-10H2,1H3,(H,15,19)(H,17,18). The number of hydrogen-bond donors (Lipinski definition) is 2. The number of likely N-dealkylation sites (tertiary alicyclic amines) is 1. The SMILES string of the molecule is CC1(CNC(=O)N2CCCC(C(=O)O)C2)CCCC1. The quantitative estimate of drug-likeness (QED) is 0.823. The number of piperidine rings is 1. The van der Waals surface area contributed by atoms with Gasteiger partial charge in [0, 0.05) is 19.6 Å². The van der Waals surface area contributed by atoms with Crippen LogP contribution in [0.25, 0.3) is 0 Å². The maximum absolute atomic E-state index is 12.1. The van der Waals surface area contributed by atoms with Gasteiger partial charge in [-0.2, -0.15) is 0 Å². The van der Waals surface area contributed by atoms with Crippen molar-refractivity contribution < 1.29 is 14.7 Å². The summed E-state index contributed by atoms with van der Waals surface area (Å²) in [4.78, 5) is 24.7. The van der Waals surface area contributed by atoms with E-state index in [1.54, 1.807) is 4.90 Å². The third-order valence-electron chi connectivity index (χ3n) is 4.53. The first-order valence-electron chi connectivity index (χ1n) is 7.26. The maximum Gasteiger partial charge on any atom is 0.317 e. The van der Waals surface area contributed by atoms with E-state index in [1.807, 2.05) is 0 Å². The van der Waals surface area contributed by atoms with E-state index >= 15 is 0 Å². The van der Waals surface area contributed by atoms with E-state index in [0.717, 1.165) is 6.42 Å². The molecule has 5 heteroatoms. The van der Waals surface area contributed by atoms with Crippen molar-refractivity contribution in [3.8, 4) is 0 Å². The van der Waals surface area contributed by atoms with Gasteiger partial charge in [0.15, 0.2) is 0 Å². The predicted molar refractivity (Wildman–Crippen MR) is 71.9 cm³/mol. The van der Waals surface area contributed by atoms with Crippen LogP contribution in [0, 0.1) is 11.3 Å². The highest BCUT2D eigenvalue weighted by Gasteiger charge is 2.31. The largest absolute Gasteiger partial charge is 0.481 e. The molecule has 0 spiro atoms. The smallest absolute Gasteiger partial charge is 0.317 e.